The lowest BCUT2D eigenvalue weighted by Crippen LogP contribution is -2.49. The number of ether oxygens (including phenoxy) is 1. The van der Waals surface area contributed by atoms with Crippen LogP contribution >= 0.6 is 0 Å². The molecular weight excluding hydrogens is 376 g/mol. The van der Waals surface area contributed by atoms with Gasteiger partial charge in [-0.2, -0.15) is 0 Å². The monoisotopic (exact) mass is 408 g/mol. The van der Waals surface area contributed by atoms with E-state index in [1.807, 2.05) is 67.6 Å². The lowest BCUT2D eigenvalue weighted by atomic mass is 10.1. The van der Waals surface area contributed by atoms with Gasteiger partial charge in [0.15, 0.2) is 0 Å². The summed E-state index contributed by atoms with van der Waals surface area (Å²) in [5, 5.41) is 3.13. The molecule has 0 saturated heterocycles. The van der Waals surface area contributed by atoms with E-state index in [9.17, 15) is 9.59 Å². The van der Waals surface area contributed by atoms with Gasteiger partial charge >= 0.3 is 0 Å². The molecule has 2 amide bonds. The summed E-state index contributed by atoms with van der Waals surface area (Å²) in [6.45, 7) is 2.72. The van der Waals surface area contributed by atoms with E-state index in [1.165, 1.54) is 0 Å². The second kappa shape index (κ2) is 11.4. The number of rotatable bonds is 10. The van der Waals surface area contributed by atoms with Gasteiger partial charge in [-0.25, -0.2) is 0 Å². The van der Waals surface area contributed by atoms with Crippen molar-refractivity contribution in [2.45, 2.75) is 64.1 Å². The fraction of sp³-hybridized carbons (Fsp3) is 0.440. The summed E-state index contributed by atoms with van der Waals surface area (Å²) in [6, 6.07) is 19.2. The van der Waals surface area contributed by atoms with E-state index < -0.39 is 6.04 Å². The molecule has 2 aromatic rings. The molecule has 1 aliphatic carbocycles. The van der Waals surface area contributed by atoms with E-state index >= 15 is 0 Å². The number of nitrogens with zero attached hydrogens (tertiary/aromatic N) is 1. The maximum atomic E-state index is 13.0. The summed E-state index contributed by atoms with van der Waals surface area (Å²) >= 11 is 0. The largest absolute Gasteiger partial charge is 0.494 e. The van der Waals surface area contributed by atoms with Crippen LogP contribution in [0.3, 0.4) is 0 Å². The van der Waals surface area contributed by atoms with Crippen molar-refractivity contribution in [2.75, 3.05) is 6.61 Å². The molecule has 0 aromatic heterocycles. The van der Waals surface area contributed by atoms with E-state index in [2.05, 4.69) is 5.32 Å². The van der Waals surface area contributed by atoms with Crippen molar-refractivity contribution < 1.29 is 14.3 Å². The molecule has 160 valence electrons. The number of carbonyl (C=O) groups is 2. The first kappa shape index (κ1) is 21.9. The zero-order valence-corrected chi connectivity index (χ0v) is 17.8. The molecule has 5 nitrogen and oxygen atoms in total. The van der Waals surface area contributed by atoms with Crippen molar-refractivity contribution in [3.8, 4) is 5.75 Å². The Morgan fingerprint density at radius 2 is 1.67 bits per heavy atom. The van der Waals surface area contributed by atoms with Crippen LogP contribution in [-0.4, -0.2) is 35.4 Å². The Bertz CT molecular complexity index is 789. The van der Waals surface area contributed by atoms with Crippen LogP contribution in [0.15, 0.2) is 60.7 Å². The standard InChI is InChI=1S/C25H32N2O3/c1-20(25(29)26-22-13-8-9-14-22)27(19-21-11-4-2-5-12-21)24(28)17-10-18-30-23-15-6-3-7-16-23/h2-7,11-12,15-16,20,22H,8-10,13-14,17-19H2,1H3,(H,26,29)/t20-/m0/s1. The van der Waals surface area contributed by atoms with Crippen LogP contribution in [-0.2, 0) is 16.1 Å². The quantitative estimate of drug-likeness (QED) is 0.596. The normalized spacial score (nSPS) is 14.8. The Morgan fingerprint density at radius 3 is 2.33 bits per heavy atom. The minimum atomic E-state index is -0.506. The molecule has 0 spiro atoms. The molecule has 0 radical (unpaired) electrons. The highest BCUT2D eigenvalue weighted by molar-refractivity contribution is 5.87. The highest BCUT2D eigenvalue weighted by Gasteiger charge is 2.28. The molecule has 0 bridgehead atoms. The molecule has 1 fully saturated rings. The predicted molar refractivity (Wildman–Crippen MR) is 118 cm³/mol. The molecular formula is C25H32N2O3. The van der Waals surface area contributed by atoms with E-state index in [-0.39, 0.29) is 17.9 Å². The molecule has 0 unspecified atom stereocenters. The van der Waals surface area contributed by atoms with Gasteiger partial charge in [0.2, 0.25) is 11.8 Å². The zero-order chi connectivity index (χ0) is 21.2. The highest BCUT2D eigenvalue weighted by atomic mass is 16.5. The van der Waals surface area contributed by atoms with Gasteiger partial charge in [0.05, 0.1) is 6.61 Å². The summed E-state index contributed by atoms with van der Waals surface area (Å²) in [7, 11) is 0. The first-order valence-corrected chi connectivity index (χ1v) is 10.9. The van der Waals surface area contributed by atoms with Crippen molar-refractivity contribution in [3.05, 3.63) is 66.2 Å². The van der Waals surface area contributed by atoms with E-state index in [4.69, 9.17) is 4.74 Å². The van der Waals surface area contributed by atoms with Crippen LogP contribution in [0.4, 0.5) is 0 Å². The van der Waals surface area contributed by atoms with Gasteiger partial charge in [0.1, 0.15) is 11.8 Å². The maximum Gasteiger partial charge on any atom is 0.242 e. The molecule has 3 rings (SSSR count). The molecule has 1 N–H and O–H groups in total. The van der Waals surface area contributed by atoms with Crippen LogP contribution < -0.4 is 10.1 Å². The third-order valence-electron chi connectivity index (χ3n) is 5.61. The summed E-state index contributed by atoms with van der Waals surface area (Å²) < 4.78 is 5.70. The van der Waals surface area contributed by atoms with Gasteiger partial charge in [-0.05, 0) is 43.9 Å². The van der Waals surface area contributed by atoms with Gasteiger partial charge in [0.25, 0.3) is 0 Å². The second-order valence-electron chi connectivity index (χ2n) is 7.94. The maximum absolute atomic E-state index is 13.0. The molecule has 1 atom stereocenters. The summed E-state index contributed by atoms with van der Waals surface area (Å²) in [5.41, 5.74) is 1.02. The third-order valence-corrected chi connectivity index (χ3v) is 5.61. The van der Waals surface area contributed by atoms with Gasteiger partial charge in [0, 0.05) is 19.0 Å². The molecule has 0 heterocycles. The van der Waals surface area contributed by atoms with Gasteiger partial charge in [-0.1, -0.05) is 61.4 Å². The van der Waals surface area contributed by atoms with Crippen LogP contribution in [0, 0.1) is 0 Å². The summed E-state index contributed by atoms with van der Waals surface area (Å²) in [4.78, 5) is 27.5. The minimum absolute atomic E-state index is 0.0235. The average Bonchev–Trinajstić information content (AvgIpc) is 3.29. The lowest BCUT2D eigenvalue weighted by Gasteiger charge is -2.30. The fourth-order valence-electron chi connectivity index (χ4n) is 3.83. The summed E-state index contributed by atoms with van der Waals surface area (Å²) in [5.74, 6) is 0.715. The second-order valence-corrected chi connectivity index (χ2v) is 7.94. The fourth-order valence-corrected chi connectivity index (χ4v) is 3.83. The number of amides is 2. The van der Waals surface area contributed by atoms with Crippen molar-refractivity contribution in [1.82, 2.24) is 10.2 Å². The van der Waals surface area contributed by atoms with Crippen LogP contribution in [0.1, 0.15) is 51.0 Å². The third kappa shape index (κ3) is 6.61. The van der Waals surface area contributed by atoms with Gasteiger partial charge < -0.3 is 15.0 Å². The number of benzene rings is 2. The lowest BCUT2D eigenvalue weighted by molar-refractivity contribution is -0.141. The smallest absolute Gasteiger partial charge is 0.242 e. The Labute approximate surface area is 179 Å². The first-order valence-electron chi connectivity index (χ1n) is 10.9. The molecule has 0 aliphatic heterocycles. The Morgan fingerprint density at radius 1 is 1.03 bits per heavy atom. The number of nitrogens with one attached hydrogen (secondary N) is 1. The van der Waals surface area contributed by atoms with E-state index in [0.29, 0.717) is 26.0 Å². The molecule has 30 heavy (non-hydrogen) atoms. The Hall–Kier alpha value is -2.82. The summed E-state index contributed by atoms with van der Waals surface area (Å²) in [6.07, 6.45) is 5.33. The Kier molecular flexibility index (Phi) is 8.30. The molecule has 2 aromatic carbocycles. The topological polar surface area (TPSA) is 58.6 Å². The molecule has 5 heteroatoms. The van der Waals surface area contributed by atoms with Crippen LogP contribution in [0.2, 0.25) is 0 Å². The van der Waals surface area contributed by atoms with Gasteiger partial charge in [-0.15, -0.1) is 0 Å². The van der Waals surface area contributed by atoms with Crippen molar-refractivity contribution in [3.63, 3.8) is 0 Å². The van der Waals surface area contributed by atoms with E-state index in [1.54, 1.807) is 4.90 Å². The number of hydrogen-bond acceptors (Lipinski definition) is 3. The minimum Gasteiger partial charge on any atom is -0.494 e. The molecule has 1 saturated carbocycles. The Balaban J connectivity index is 1.57. The number of para-hydroxylation sites is 1. The number of carbonyl (C=O) groups excluding carboxylic acids is 2. The van der Waals surface area contributed by atoms with Crippen LogP contribution in [0.25, 0.3) is 0 Å². The average molecular weight is 409 g/mol. The van der Waals surface area contributed by atoms with Crippen molar-refractivity contribution in [1.29, 1.82) is 0 Å². The zero-order valence-electron chi connectivity index (χ0n) is 17.8. The molecule has 1 aliphatic rings. The van der Waals surface area contributed by atoms with E-state index in [0.717, 1.165) is 37.0 Å². The van der Waals surface area contributed by atoms with Crippen LogP contribution in [0.5, 0.6) is 5.75 Å². The first-order chi connectivity index (χ1) is 14.6. The SMILES string of the molecule is C[C@@H](C(=O)NC1CCCC1)N(Cc1ccccc1)C(=O)CCCOc1ccccc1. The highest BCUT2D eigenvalue weighted by Crippen LogP contribution is 2.19. The van der Waals surface area contributed by atoms with Gasteiger partial charge in [-0.3, -0.25) is 9.59 Å². The van der Waals surface area contributed by atoms with Crippen molar-refractivity contribution >= 4 is 11.8 Å². The number of hydrogen-bond donors (Lipinski definition) is 1. The van der Waals surface area contributed by atoms with Crippen molar-refractivity contribution in [2.24, 2.45) is 0 Å². The predicted octanol–water partition coefficient (Wildman–Crippen LogP) is 4.32.